The van der Waals surface area contributed by atoms with Crippen LogP contribution in [0.1, 0.15) is 19.7 Å². The molecule has 2 N–H and O–H groups in total. The summed E-state index contributed by atoms with van der Waals surface area (Å²) in [4.78, 5) is 16.0. The number of benzene rings is 2. The lowest BCUT2D eigenvalue weighted by molar-refractivity contribution is 0.243. The number of anilines is 1. The third kappa shape index (κ3) is 4.83. The molecule has 0 fully saturated rings. The van der Waals surface area contributed by atoms with E-state index >= 15 is 0 Å². The maximum atomic E-state index is 11.7. The van der Waals surface area contributed by atoms with E-state index in [1.807, 2.05) is 56.3 Å². The average molecular weight is 352 g/mol. The number of nitrogens with zero attached hydrogens (tertiary/aromatic N) is 2. The van der Waals surface area contributed by atoms with Crippen LogP contribution in [-0.2, 0) is 6.61 Å². The van der Waals surface area contributed by atoms with Crippen LogP contribution in [0.2, 0.25) is 0 Å². The van der Waals surface area contributed by atoms with Crippen molar-refractivity contribution in [1.29, 1.82) is 0 Å². The summed E-state index contributed by atoms with van der Waals surface area (Å²) in [5, 5.41) is 9.49. The number of hydrogen-bond donors (Lipinski definition) is 2. The molecule has 0 bridgehead atoms. The smallest absolute Gasteiger partial charge is 0.319 e. The van der Waals surface area contributed by atoms with Gasteiger partial charge in [-0.15, -0.1) is 0 Å². The summed E-state index contributed by atoms with van der Waals surface area (Å²) in [7, 11) is 0. The number of hydrogen-bond acceptors (Lipinski definition) is 5. The molecule has 0 aliphatic carbocycles. The summed E-state index contributed by atoms with van der Waals surface area (Å²) < 4.78 is 10.8. The van der Waals surface area contributed by atoms with Gasteiger partial charge < -0.3 is 19.9 Å². The monoisotopic (exact) mass is 352 g/mol. The Balaban J connectivity index is 1.59. The van der Waals surface area contributed by atoms with E-state index in [2.05, 4.69) is 20.8 Å². The van der Waals surface area contributed by atoms with Gasteiger partial charge in [-0.1, -0.05) is 23.4 Å². The van der Waals surface area contributed by atoms with Gasteiger partial charge in [0.2, 0.25) is 5.82 Å². The molecule has 134 valence electrons. The van der Waals surface area contributed by atoms with Crippen molar-refractivity contribution in [1.82, 2.24) is 15.5 Å². The molecule has 1 heterocycles. The number of carbonyl (C=O) groups is 1. The molecule has 26 heavy (non-hydrogen) atoms. The van der Waals surface area contributed by atoms with Crippen LogP contribution in [0.3, 0.4) is 0 Å². The van der Waals surface area contributed by atoms with Gasteiger partial charge in [-0.2, -0.15) is 4.98 Å². The van der Waals surface area contributed by atoms with Gasteiger partial charge in [-0.3, -0.25) is 0 Å². The highest BCUT2D eigenvalue weighted by atomic mass is 16.5. The molecule has 3 rings (SSSR count). The second-order valence-electron chi connectivity index (χ2n) is 5.94. The van der Waals surface area contributed by atoms with E-state index in [1.165, 1.54) is 0 Å². The Morgan fingerprint density at radius 1 is 1.12 bits per heavy atom. The molecule has 0 radical (unpaired) electrons. The zero-order valence-corrected chi connectivity index (χ0v) is 14.6. The van der Waals surface area contributed by atoms with Crippen molar-refractivity contribution in [3.63, 3.8) is 0 Å². The number of aromatic nitrogens is 2. The van der Waals surface area contributed by atoms with Crippen molar-refractivity contribution in [2.45, 2.75) is 26.5 Å². The fourth-order valence-corrected chi connectivity index (χ4v) is 2.22. The third-order valence-corrected chi connectivity index (χ3v) is 3.39. The first-order valence-corrected chi connectivity index (χ1v) is 8.28. The highest BCUT2D eigenvalue weighted by molar-refractivity contribution is 5.89. The van der Waals surface area contributed by atoms with E-state index in [1.54, 1.807) is 12.1 Å². The van der Waals surface area contributed by atoms with Gasteiger partial charge in [-0.05, 0) is 50.2 Å². The highest BCUT2D eigenvalue weighted by Crippen LogP contribution is 2.19. The number of rotatable bonds is 6. The molecule has 0 saturated carbocycles. The SMILES string of the molecule is CC(C)NC(=O)Nc1ccc(-c2noc(COc3ccccc3)n2)cc1. The molecule has 2 amide bonds. The number of carbonyl (C=O) groups excluding carboxylic acids is 1. The van der Waals surface area contributed by atoms with E-state index in [0.717, 1.165) is 11.3 Å². The van der Waals surface area contributed by atoms with E-state index in [-0.39, 0.29) is 18.7 Å². The largest absolute Gasteiger partial charge is 0.484 e. The Hall–Kier alpha value is -3.35. The Morgan fingerprint density at radius 2 is 1.85 bits per heavy atom. The van der Waals surface area contributed by atoms with Crippen molar-refractivity contribution < 1.29 is 14.1 Å². The second-order valence-corrected chi connectivity index (χ2v) is 5.94. The molecule has 1 aromatic heterocycles. The Labute approximate surface area is 151 Å². The lowest BCUT2D eigenvalue weighted by atomic mass is 10.2. The molecule has 0 spiro atoms. The lowest BCUT2D eigenvalue weighted by Gasteiger charge is -2.10. The van der Waals surface area contributed by atoms with Crippen LogP contribution in [0.15, 0.2) is 59.1 Å². The number of nitrogens with one attached hydrogen (secondary N) is 2. The van der Waals surface area contributed by atoms with Crippen LogP contribution in [-0.4, -0.2) is 22.2 Å². The predicted molar refractivity (Wildman–Crippen MR) is 97.8 cm³/mol. The maximum absolute atomic E-state index is 11.7. The predicted octanol–water partition coefficient (Wildman–Crippen LogP) is 3.85. The summed E-state index contributed by atoms with van der Waals surface area (Å²) in [5.74, 6) is 1.60. The van der Waals surface area contributed by atoms with Gasteiger partial charge in [-0.25, -0.2) is 4.79 Å². The van der Waals surface area contributed by atoms with E-state index in [9.17, 15) is 4.79 Å². The average Bonchev–Trinajstić information content (AvgIpc) is 3.10. The van der Waals surface area contributed by atoms with Crippen molar-refractivity contribution in [2.24, 2.45) is 0 Å². The quantitative estimate of drug-likeness (QED) is 0.703. The Bertz CT molecular complexity index is 845. The zero-order valence-electron chi connectivity index (χ0n) is 14.6. The van der Waals surface area contributed by atoms with E-state index in [4.69, 9.17) is 9.26 Å². The van der Waals surface area contributed by atoms with Gasteiger partial charge in [0, 0.05) is 17.3 Å². The Morgan fingerprint density at radius 3 is 2.54 bits per heavy atom. The molecule has 2 aromatic carbocycles. The van der Waals surface area contributed by atoms with Crippen LogP contribution in [0.4, 0.5) is 10.5 Å². The summed E-state index contributed by atoms with van der Waals surface area (Å²) >= 11 is 0. The van der Waals surface area contributed by atoms with E-state index < -0.39 is 0 Å². The summed E-state index contributed by atoms with van der Waals surface area (Å²) in [5.41, 5.74) is 1.47. The van der Waals surface area contributed by atoms with Crippen molar-refractivity contribution in [3.8, 4) is 17.1 Å². The standard InChI is InChI=1S/C19H20N4O3/c1-13(2)20-19(24)21-15-10-8-14(9-11-15)18-22-17(26-23-18)12-25-16-6-4-3-5-7-16/h3-11,13H,12H2,1-2H3,(H2,20,21,24). The van der Waals surface area contributed by atoms with E-state index in [0.29, 0.717) is 17.4 Å². The third-order valence-electron chi connectivity index (χ3n) is 3.39. The van der Waals surface area contributed by atoms with Crippen LogP contribution in [0.5, 0.6) is 5.75 Å². The number of ether oxygens (including phenoxy) is 1. The maximum Gasteiger partial charge on any atom is 0.319 e. The van der Waals surface area contributed by atoms with Gasteiger partial charge in [0.05, 0.1) is 0 Å². The van der Waals surface area contributed by atoms with Crippen molar-refractivity contribution >= 4 is 11.7 Å². The van der Waals surface area contributed by atoms with Crippen LogP contribution < -0.4 is 15.4 Å². The molecule has 7 nitrogen and oxygen atoms in total. The molecule has 3 aromatic rings. The molecule has 0 aliphatic heterocycles. The van der Waals surface area contributed by atoms with Crippen molar-refractivity contribution in [3.05, 3.63) is 60.5 Å². The van der Waals surface area contributed by atoms with Gasteiger partial charge in [0.1, 0.15) is 5.75 Å². The van der Waals surface area contributed by atoms with Crippen molar-refractivity contribution in [2.75, 3.05) is 5.32 Å². The number of para-hydroxylation sites is 1. The van der Waals surface area contributed by atoms with Crippen LogP contribution >= 0.6 is 0 Å². The number of amides is 2. The summed E-state index contributed by atoms with van der Waals surface area (Å²) in [6.07, 6.45) is 0. The highest BCUT2D eigenvalue weighted by Gasteiger charge is 2.10. The fourth-order valence-electron chi connectivity index (χ4n) is 2.22. The fraction of sp³-hybridized carbons (Fsp3) is 0.211. The summed E-state index contributed by atoms with van der Waals surface area (Å²) in [6, 6.07) is 16.5. The summed E-state index contributed by atoms with van der Waals surface area (Å²) in [6.45, 7) is 4.00. The molecule has 0 aliphatic rings. The minimum Gasteiger partial charge on any atom is -0.484 e. The van der Waals surface area contributed by atoms with Gasteiger partial charge in [0.15, 0.2) is 6.61 Å². The molecule has 0 saturated heterocycles. The number of urea groups is 1. The zero-order chi connectivity index (χ0) is 18.4. The lowest BCUT2D eigenvalue weighted by Crippen LogP contribution is -2.34. The first-order chi connectivity index (χ1) is 12.6. The molecule has 0 atom stereocenters. The molecule has 0 unspecified atom stereocenters. The first-order valence-electron chi connectivity index (χ1n) is 8.28. The second kappa shape index (κ2) is 8.15. The van der Waals surface area contributed by atoms with Gasteiger partial charge in [0.25, 0.3) is 5.89 Å². The Kier molecular flexibility index (Phi) is 5.48. The minimum atomic E-state index is -0.243. The van der Waals surface area contributed by atoms with Crippen LogP contribution in [0.25, 0.3) is 11.4 Å². The van der Waals surface area contributed by atoms with Gasteiger partial charge >= 0.3 is 6.03 Å². The molecular formula is C19H20N4O3. The normalized spacial score (nSPS) is 10.6. The minimum absolute atomic E-state index is 0.0742. The van der Waals surface area contributed by atoms with Crippen LogP contribution in [0, 0.1) is 0 Å². The topological polar surface area (TPSA) is 89.3 Å². The molecule has 7 heteroatoms. The molecular weight excluding hydrogens is 332 g/mol. The first kappa shape index (κ1) is 17.5.